The summed E-state index contributed by atoms with van der Waals surface area (Å²) in [4.78, 5) is 13.1. The number of hydrogen-bond acceptors (Lipinski definition) is 3. The highest BCUT2D eigenvalue weighted by Crippen LogP contribution is 2.04. The van der Waals surface area contributed by atoms with Crippen LogP contribution in [0, 0.1) is 5.92 Å². The van der Waals surface area contributed by atoms with Crippen molar-refractivity contribution < 1.29 is 4.79 Å². The smallest absolute Gasteiger partial charge is 0.220 e. The molecule has 0 spiro atoms. The molecule has 1 aromatic heterocycles. The first-order valence-electron chi connectivity index (χ1n) is 5.77. The number of carbonyl (C=O) groups excluding carboxylic acids is 1. The van der Waals surface area contributed by atoms with Crippen LogP contribution in [0.5, 0.6) is 0 Å². The SMILES string of the molecule is CCCC(=O)NC(Cn1nccn1)C(C)C. The highest BCUT2D eigenvalue weighted by Gasteiger charge is 2.16. The molecule has 1 N–H and O–H groups in total. The molecule has 1 heterocycles. The Kier molecular flexibility index (Phi) is 4.95. The van der Waals surface area contributed by atoms with E-state index in [2.05, 4.69) is 29.4 Å². The highest BCUT2D eigenvalue weighted by atomic mass is 16.1. The third-order valence-electron chi connectivity index (χ3n) is 2.45. The number of aromatic nitrogens is 3. The van der Waals surface area contributed by atoms with Crippen molar-refractivity contribution in [3.05, 3.63) is 12.4 Å². The van der Waals surface area contributed by atoms with Crippen molar-refractivity contribution in [3.63, 3.8) is 0 Å². The van der Waals surface area contributed by atoms with Crippen LogP contribution in [0.4, 0.5) is 0 Å². The Labute approximate surface area is 96.2 Å². The summed E-state index contributed by atoms with van der Waals surface area (Å²) >= 11 is 0. The van der Waals surface area contributed by atoms with Gasteiger partial charge in [0.15, 0.2) is 0 Å². The van der Waals surface area contributed by atoms with Gasteiger partial charge in [-0.05, 0) is 12.3 Å². The van der Waals surface area contributed by atoms with E-state index >= 15 is 0 Å². The summed E-state index contributed by atoms with van der Waals surface area (Å²) in [5.74, 6) is 0.472. The molecule has 0 aromatic carbocycles. The van der Waals surface area contributed by atoms with Crippen LogP contribution in [-0.4, -0.2) is 26.9 Å². The first-order valence-corrected chi connectivity index (χ1v) is 5.77. The minimum atomic E-state index is 0.0893. The fraction of sp³-hybridized carbons (Fsp3) is 0.727. The van der Waals surface area contributed by atoms with Gasteiger partial charge in [-0.15, -0.1) is 0 Å². The van der Waals surface area contributed by atoms with Gasteiger partial charge in [0.25, 0.3) is 0 Å². The van der Waals surface area contributed by atoms with E-state index < -0.39 is 0 Å². The van der Waals surface area contributed by atoms with Crippen molar-refractivity contribution in [1.82, 2.24) is 20.3 Å². The molecule has 1 amide bonds. The van der Waals surface area contributed by atoms with E-state index in [1.165, 1.54) is 0 Å². The maximum atomic E-state index is 11.5. The van der Waals surface area contributed by atoms with Crippen LogP contribution in [0.25, 0.3) is 0 Å². The third kappa shape index (κ3) is 4.00. The van der Waals surface area contributed by atoms with Crippen molar-refractivity contribution in [1.29, 1.82) is 0 Å². The fourth-order valence-corrected chi connectivity index (χ4v) is 1.44. The van der Waals surface area contributed by atoms with Crippen LogP contribution in [0.15, 0.2) is 12.4 Å². The van der Waals surface area contributed by atoms with E-state index in [4.69, 9.17) is 0 Å². The van der Waals surface area contributed by atoms with Gasteiger partial charge < -0.3 is 5.32 Å². The second-order valence-corrected chi connectivity index (χ2v) is 4.25. The topological polar surface area (TPSA) is 59.8 Å². The molecule has 5 nitrogen and oxygen atoms in total. The molecule has 1 atom stereocenters. The standard InChI is InChI=1S/C11H20N4O/c1-4-5-11(16)14-10(9(2)3)8-15-12-6-7-13-15/h6-7,9-10H,4-5,8H2,1-3H3,(H,14,16). The summed E-state index contributed by atoms with van der Waals surface area (Å²) in [6, 6.07) is 0.0893. The Hall–Kier alpha value is -1.39. The normalized spacial score (nSPS) is 12.8. The van der Waals surface area contributed by atoms with Crippen LogP contribution in [0.1, 0.15) is 33.6 Å². The summed E-state index contributed by atoms with van der Waals surface area (Å²) in [5.41, 5.74) is 0. The van der Waals surface area contributed by atoms with Crippen molar-refractivity contribution in [3.8, 4) is 0 Å². The summed E-state index contributed by atoms with van der Waals surface area (Å²) in [5, 5.41) is 11.1. The van der Waals surface area contributed by atoms with Crippen molar-refractivity contribution in [2.45, 2.75) is 46.2 Å². The zero-order valence-electron chi connectivity index (χ0n) is 10.2. The van der Waals surface area contributed by atoms with Crippen LogP contribution in [-0.2, 0) is 11.3 Å². The van der Waals surface area contributed by atoms with Crippen LogP contribution < -0.4 is 5.32 Å². The van der Waals surface area contributed by atoms with E-state index in [9.17, 15) is 4.79 Å². The molecule has 1 rings (SSSR count). The average molecular weight is 224 g/mol. The van der Waals surface area contributed by atoms with Crippen LogP contribution in [0.2, 0.25) is 0 Å². The van der Waals surface area contributed by atoms with E-state index in [-0.39, 0.29) is 11.9 Å². The van der Waals surface area contributed by atoms with E-state index in [1.54, 1.807) is 17.2 Å². The summed E-state index contributed by atoms with van der Waals surface area (Å²) < 4.78 is 0. The van der Waals surface area contributed by atoms with Gasteiger partial charge in [-0.25, -0.2) is 0 Å². The molecular weight excluding hydrogens is 204 g/mol. The van der Waals surface area contributed by atoms with Gasteiger partial charge in [0.05, 0.1) is 25.0 Å². The summed E-state index contributed by atoms with van der Waals surface area (Å²) in [6.45, 7) is 6.79. The van der Waals surface area contributed by atoms with Crippen molar-refractivity contribution in [2.75, 3.05) is 0 Å². The van der Waals surface area contributed by atoms with Gasteiger partial charge in [0.1, 0.15) is 0 Å². The molecule has 0 saturated heterocycles. The van der Waals surface area contributed by atoms with Crippen molar-refractivity contribution >= 4 is 5.91 Å². The Bertz CT molecular complexity index is 308. The average Bonchev–Trinajstić information content (AvgIpc) is 2.69. The quantitative estimate of drug-likeness (QED) is 0.790. The van der Waals surface area contributed by atoms with Gasteiger partial charge in [-0.1, -0.05) is 20.8 Å². The Morgan fingerprint density at radius 3 is 2.50 bits per heavy atom. The zero-order valence-corrected chi connectivity index (χ0v) is 10.2. The van der Waals surface area contributed by atoms with Gasteiger partial charge in [-0.3, -0.25) is 4.79 Å². The van der Waals surface area contributed by atoms with Gasteiger partial charge in [0.2, 0.25) is 5.91 Å². The van der Waals surface area contributed by atoms with Gasteiger partial charge in [0, 0.05) is 6.42 Å². The number of carbonyl (C=O) groups is 1. The molecular formula is C11H20N4O. The summed E-state index contributed by atoms with van der Waals surface area (Å²) in [6.07, 6.45) is 4.74. The zero-order chi connectivity index (χ0) is 12.0. The maximum Gasteiger partial charge on any atom is 0.220 e. The first-order chi connectivity index (χ1) is 7.63. The Morgan fingerprint density at radius 1 is 1.38 bits per heavy atom. The number of nitrogens with zero attached hydrogens (tertiary/aromatic N) is 3. The molecule has 0 saturated carbocycles. The highest BCUT2D eigenvalue weighted by molar-refractivity contribution is 5.76. The molecule has 0 bridgehead atoms. The lowest BCUT2D eigenvalue weighted by Crippen LogP contribution is -2.41. The Morgan fingerprint density at radius 2 is 2.00 bits per heavy atom. The minimum absolute atomic E-state index is 0.0893. The number of hydrogen-bond donors (Lipinski definition) is 1. The molecule has 0 aliphatic carbocycles. The minimum Gasteiger partial charge on any atom is -0.351 e. The number of amides is 1. The van der Waals surface area contributed by atoms with Gasteiger partial charge >= 0.3 is 0 Å². The second kappa shape index (κ2) is 6.25. The van der Waals surface area contributed by atoms with Crippen LogP contribution >= 0.6 is 0 Å². The maximum absolute atomic E-state index is 11.5. The molecule has 90 valence electrons. The molecule has 0 aliphatic heterocycles. The predicted molar refractivity (Wildman–Crippen MR) is 61.7 cm³/mol. The Balaban J connectivity index is 2.51. The van der Waals surface area contributed by atoms with E-state index in [0.29, 0.717) is 18.9 Å². The largest absolute Gasteiger partial charge is 0.351 e. The molecule has 0 aliphatic rings. The lowest BCUT2D eigenvalue weighted by molar-refractivity contribution is -0.122. The molecule has 0 radical (unpaired) electrons. The number of rotatable bonds is 6. The summed E-state index contributed by atoms with van der Waals surface area (Å²) in [7, 11) is 0. The molecule has 1 aromatic rings. The first kappa shape index (κ1) is 12.7. The second-order valence-electron chi connectivity index (χ2n) is 4.25. The fourth-order valence-electron chi connectivity index (χ4n) is 1.44. The molecule has 0 fully saturated rings. The molecule has 1 unspecified atom stereocenters. The van der Waals surface area contributed by atoms with Gasteiger partial charge in [-0.2, -0.15) is 15.0 Å². The van der Waals surface area contributed by atoms with E-state index in [0.717, 1.165) is 6.42 Å². The molecule has 16 heavy (non-hydrogen) atoms. The lowest BCUT2D eigenvalue weighted by atomic mass is 10.0. The molecule has 5 heteroatoms. The van der Waals surface area contributed by atoms with E-state index in [1.807, 2.05) is 6.92 Å². The van der Waals surface area contributed by atoms with Crippen LogP contribution in [0.3, 0.4) is 0 Å². The predicted octanol–water partition coefficient (Wildman–Crippen LogP) is 1.22. The number of nitrogens with one attached hydrogen (secondary N) is 1. The lowest BCUT2D eigenvalue weighted by Gasteiger charge is -2.21. The third-order valence-corrected chi connectivity index (χ3v) is 2.45. The monoisotopic (exact) mass is 224 g/mol. The van der Waals surface area contributed by atoms with Crippen molar-refractivity contribution in [2.24, 2.45) is 5.92 Å².